The molecule has 0 aliphatic carbocycles. The van der Waals surface area contributed by atoms with Crippen LogP contribution in [-0.2, 0) is 11.3 Å². The number of aromatic nitrogens is 1. The third kappa shape index (κ3) is 4.40. The molecule has 1 fully saturated rings. The number of aldehydes is 1. The largest absolute Gasteiger partial charge is 0.489 e. The Bertz CT molecular complexity index is 1210. The van der Waals surface area contributed by atoms with Crippen LogP contribution in [0.1, 0.15) is 39.4 Å². The number of ether oxygens (including phenoxy) is 2. The first-order chi connectivity index (χ1) is 15.8. The maximum atomic E-state index is 11.6. The summed E-state index contributed by atoms with van der Waals surface area (Å²) in [5, 5.41) is 4.30. The second-order valence-electron chi connectivity index (χ2n) is 7.89. The standard InChI is InChI=1S/C27H24N2O3/c30-17-21-14-25(29-24-9-5-4-8-23(21)24)27-16-28-15-26(32-27)20-10-12-22(13-11-20)31-18-19-6-2-1-3-7-19/h1-14,17,26-28H,15-16,18H2. The van der Waals surface area contributed by atoms with Crippen molar-refractivity contribution in [1.29, 1.82) is 0 Å². The molecule has 1 saturated heterocycles. The molecule has 1 aromatic heterocycles. The zero-order chi connectivity index (χ0) is 21.8. The molecule has 2 unspecified atom stereocenters. The average molecular weight is 425 g/mol. The lowest BCUT2D eigenvalue weighted by Gasteiger charge is -2.31. The predicted molar refractivity (Wildman–Crippen MR) is 124 cm³/mol. The summed E-state index contributed by atoms with van der Waals surface area (Å²) in [7, 11) is 0. The van der Waals surface area contributed by atoms with Gasteiger partial charge in [0, 0.05) is 24.0 Å². The van der Waals surface area contributed by atoms with Crippen molar-refractivity contribution < 1.29 is 14.3 Å². The highest BCUT2D eigenvalue weighted by molar-refractivity contribution is 5.96. The number of nitrogens with zero attached hydrogens (tertiary/aromatic N) is 1. The fourth-order valence-electron chi connectivity index (χ4n) is 4.02. The van der Waals surface area contributed by atoms with Crippen LogP contribution in [0.2, 0.25) is 0 Å². The Morgan fingerprint density at radius 3 is 2.50 bits per heavy atom. The summed E-state index contributed by atoms with van der Waals surface area (Å²) in [6.07, 6.45) is 0.547. The molecule has 0 amide bonds. The van der Waals surface area contributed by atoms with Crippen LogP contribution in [0.3, 0.4) is 0 Å². The Kier molecular flexibility index (Phi) is 5.92. The molecule has 1 aliphatic rings. The van der Waals surface area contributed by atoms with Gasteiger partial charge in [-0.2, -0.15) is 0 Å². The van der Waals surface area contributed by atoms with E-state index in [1.165, 1.54) is 0 Å². The number of carbonyl (C=O) groups excluding carboxylic acids is 1. The SMILES string of the molecule is O=Cc1cc(C2CNCC(c3ccc(OCc4ccccc4)cc3)O2)nc2ccccc12. The number of fused-ring (bicyclic) bond motifs is 1. The summed E-state index contributed by atoms with van der Waals surface area (Å²) >= 11 is 0. The molecule has 2 heterocycles. The molecule has 5 heteroatoms. The first-order valence-electron chi connectivity index (χ1n) is 10.8. The first-order valence-corrected chi connectivity index (χ1v) is 10.8. The van der Waals surface area contributed by atoms with Gasteiger partial charge >= 0.3 is 0 Å². The molecule has 0 spiro atoms. The second kappa shape index (κ2) is 9.30. The molecule has 0 saturated carbocycles. The van der Waals surface area contributed by atoms with Crippen molar-refractivity contribution in [3.8, 4) is 5.75 Å². The van der Waals surface area contributed by atoms with Gasteiger partial charge in [-0.05, 0) is 35.4 Å². The molecule has 1 N–H and O–H groups in total. The normalized spacial score (nSPS) is 18.4. The van der Waals surface area contributed by atoms with Crippen LogP contribution in [0.5, 0.6) is 5.75 Å². The van der Waals surface area contributed by atoms with Gasteiger partial charge in [-0.15, -0.1) is 0 Å². The summed E-state index contributed by atoms with van der Waals surface area (Å²) in [5.41, 5.74) is 4.42. The average Bonchev–Trinajstić information content (AvgIpc) is 2.88. The lowest BCUT2D eigenvalue weighted by Crippen LogP contribution is -2.36. The van der Waals surface area contributed by atoms with Gasteiger partial charge in [0.2, 0.25) is 0 Å². The first kappa shape index (κ1) is 20.4. The summed E-state index contributed by atoms with van der Waals surface area (Å²) < 4.78 is 12.3. The van der Waals surface area contributed by atoms with Gasteiger partial charge in [0.1, 0.15) is 18.5 Å². The van der Waals surface area contributed by atoms with Crippen LogP contribution in [0.25, 0.3) is 10.9 Å². The minimum absolute atomic E-state index is 0.107. The van der Waals surface area contributed by atoms with E-state index in [2.05, 4.69) is 5.32 Å². The number of para-hydroxylation sites is 1. The Hall–Kier alpha value is -3.54. The minimum Gasteiger partial charge on any atom is -0.489 e. The summed E-state index contributed by atoms with van der Waals surface area (Å²) in [6.45, 7) is 1.91. The molecule has 4 aromatic rings. The van der Waals surface area contributed by atoms with Gasteiger partial charge in [-0.25, -0.2) is 4.98 Å². The molecule has 0 bridgehead atoms. The molecular formula is C27H24N2O3. The lowest BCUT2D eigenvalue weighted by molar-refractivity contribution is -0.0425. The van der Waals surface area contributed by atoms with E-state index in [-0.39, 0.29) is 12.2 Å². The molecule has 0 radical (unpaired) electrons. The number of benzene rings is 3. The van der Waals surface area contributed by atoms with Gasteiger partial charge in [0.15, 0.2) is 6.29 Å². The fourth-order valence-corrected chi connectivity index (χ4v) is 4.02. The summed E-state index contributed by atoms with van der Waals surface area (Å²) in [4.78, 5) is 16.4. The number of morpholine rings is 1. The van der Waals surface area contributed by atoms with Crippen LogP contribution in [0.4, 0.5) is 0 Å². The van der Waals surface area contributed by atoms with E-state index < -0.39 is 0 Å². The third-order valence-corrected chi connectivity index (χ3v) is 5.71. The Morgan fingerprint density at radius 2 is 1.69 bits per heavy atom. The zero-order valence-electron chi connectivity index (χ0n) is 17.6. The van der Waals surface area contributed by atoms with Crippen LogP contribution in [-0.4, -0.2) is 24.4 Å². The van der Waals surface area contributed by atoms with E-state index in [0.29, 0.717) is 18.7 Å². The van der Waals surface area contributed by atoms with E-state index in [4.69, 9.17) is 14.5 Å². The van der Waals surface area contributed by atoms with Gasteiger partial charge in [-0.1, -0.05) is 60.7 Å². The van der Waals surface area contributed by atoms with Gasteiger partial charge in [-0.3, -0.25) is 4.79 Å². The number of carbonyl (C=O) groups is 1. The highest BCUT2D eigenvalue weighted by Crippen LogP contribution is 2.31. The van der Waals surface area contributed by atoms with E-state index in [1.807, 2.05) is 84.9 Å². The number of rotatable bonds is 6. The van der Waals surface area contributed by atoms with Crippen LogP contribution in [0, 0.1) is 0 Å². The van der Waals surface area contributed by atoms with Crippen molar-refractivity contribution in [2.24, 2.45) is 0 Å². The van der Waals surface area contributed by atoms with Crippen molar-refractivity contribution in [3.63, 3.8) is 0 Å². The molecule has 3 aromatic carbocycles. The summed E-state index contributed by atoms with van der Waals surface area (Å²) in [6, 6.07) is 27.7. The Labute approximate surface area is 187 Å². The maximum Gasteiger partial charge on any atom is 0.150 e. The van der Waals surface area contributed by atoms with Gasteiger partial charge in [0.25, 0.3) is 0 Å². The second-order valence-corrected chi connectivity index (χ2v) is 7.89. The monoisotopic (exact) mass is 424 g/mol. The Morgan fingerprint density at radius 1 is 0.938 bits per heavy atom. The molecule has 2 atom stereocenters. The zero-order valence-corrected chi connectivity index (χ0v) is 17.6. The van der Waals surface area contributed by atoms with Gasteiger partial charge < -0.3 is 14.8 Å². The van der Waals surface area contributed by atoms with Crippen molar-refractivity contribution in [1.82, 2.24) is 10.3 Å². The number of pyridine rings is 1. The van der Waals surface area contributed by atoms with Crippen molar-refractivity contribution in [2.75, 3.05) is 13.1 Å². The quantitative estimate of drug-likeness (QED) is 0.440. The van der Waals surface area contributed by atoms with E-state index >= 15 is 0 Å². The fraction of sp³-hybridized carbons (Fsp3) is 0.185. The van der Waals surface area contributed by atoms with Crippen LogP contribution >= 0.6 is 0 Å². The topological polar surface area (TPSA) is 60.5 Å². The van der Waals surface area contributed by atoms with Crippen molar-refractivity contribution in [3.05, 3.63) is 107 Å². The Balaban J connectivity index is 1.30. The molecular weight excluding hydrogens is 400 g/mol. The maximum absolute atomic E-state index is 11.6. The minimum atomic E-state index is -0.230. The molecule has 5 rings (SSSR count). The van der Waals surface area contributed by atoms with Crippen LogP contribution < -0.4 is 10.1 Å². The molecule has 160 valence electrons. The van der Waals surface area contributed by atoms with Crippen molar-refractivity contribution >= 4 is 17.2 Å². The summed E-state index contributed by atoms with van der Waals surface area (Å²) in [5.74, 6) is 0.824. The molecule has 32 heavy (non-hydrogen) atoms. The van der Waals surface area contributed by atoms with Crippen LogP contribution in [0.15, 0.2) is 84.9 Å². The van der Waals surface area contributed by atoms with Gasteiger partial charge in [0.05, 0.1) is 17.3 Å². The smallest absolute Gasteiger partial charge is 0.150 e. The number of hydrogen-bond acceptors (Lipinski definition) is 5. The number of nitrogens with one attached hydrogen (secondary N) is 1. The molecule has 5 nitrogen and oxygen atoms in total. The van der Waals surface area contributed by atoms with E-state index in [9.17, 15) is 4.79 Å². The van der Waals surface area contributed by atoms with E-state index in [1.54, 1.807) is 0 Å². The predicted octanol–water partition coefficient (Wildman–Crippen LogP) is 5.03. The highest BCUT2D eigenvalue weighted by atomic mass is 16.5. The lowest BCUT2D eigenvalue weighted by atomic mass is 10.0. The molecule has 1 aliphatic heterocycles. The van der Waals surface area contributed by atoms with E-state index in [0.717, 1.165) is 46.3 Å². The number of hydrogen-bond donors (Lipinski definition) is 1. The third-order valence-electron chi connectivity index (χ3n) is 5.71. The highest BCUT2D eigenvalue weighted by Gasteiger charge is 2.26. The van der Waals surface area contributed by atoms with Crippen molar-refractivity contribution in [2.45, 2.75) is 18.8 Å².